The van der Waals surface area contributed by atoms with E-state index in [1.165, 1.54) is 14.1 Å². The van der Waals surface area contributed by atoms with Crippen LogP contribution in [0, 0.1) is 0 Å². The highest BCUT2D eigenvalue weighted by Crippen LogP contribution is 2.03. The molecule has 0 saturated heterocycles. The highest BCUT2D eigenvalue weighted by molar-refractivity contribution is 7.87. The molecule has 0 unspecified atom stereocenters. The van der Waals surface area contributed by atoms with Crippen molar-refractivity contribution in [2.24, 2.45) is 0 Å². The third kappa shape index (κ3) is 1.75. The predicted octanol–water partition coefficient (Wildman–Crippen LogP) is -0.764. The van der Waals surface area contributed by atoms with Crippen LogP contribution in [0.25, 0.3) is 0 Å². The first-order valence-electron chi connectivity index (χ1n) is 3.56. The molecule has 1 aromatic heterocycles. The van der Waals surface area contributed by atoms with Gasteiger partial charge in [0.25, 0.3) is 0 Å². The van der Waals surface area contributed by atoms with E-state index in [0.717, 1.165) is 16.7 Å². The monoisotopic (exact) mass is 219 g/mol. The minimum atomic E-state index is -3.71. The zero-order valence-electron chi connectivity index (χ0n) is 7.58. The molecule has 0 atom stereocenters. The number of carboxylic acids is 1. The summed E-state index contributed by atoms with van der Waals surface area (Å²) in [4.78, 5) is 10.4. The molecule has 1 aromatic rings. The molecular formula is C6H9N3O4S. The topological polar surface area (TPSA) is 92.5 Å². The third-order valence-electron chi connectivity index (χ3n) is 1.50. The van der Waals surface area contributed by atoms with E-state index in [1.54, 1.807) is 0 Å². The van der Waals surface area contributed by atoms with E-state index in [-0.39, 0.29) is 5.56 Å². The highest BCUT2D eigenvalue weighted by Gasteiger charge is 2.18. The SMILES string of the molecule is CN(C)S(=O)(=O)n1cc(C(=O)O)cn1. The lowest BCUT2D eigenvalue weighted by Gasteiger charge is -2.09. The third-order valence-corrected chi connectivity index (χ3v) is 3.10. The molecule has 1 rings (SSSR count). The van der Waals surface area contributed by atoms with Crippen LogP contribution in [-0.2, 0) is 10.2 Å². The summed E-state index contributed by atoms with van der Waals surface area (Å²) in [5, 5.41) is 12.0. The van der Waals surface area contributed by atoms with Crippen LogP contribution in [0.2, 0.25) is 0 Å². The zero-order chi connectivity index (χ0) is 10.9. The number of carboxylic acid groups (broad SMARTS) is 1. The van der Waals surface area contributed by atoms with Gasteiger partial charge >= 0.3 is 16.2 Å². The summed E-state index contributed by atoms with van der Waals surface area (Å²) in [5.74, 6) is -1.22. The maximum atomic E-state index is 11.4. The Bertz CT molecular complexity index is 447. The summed E-state index contributed by atoms with van der Waals surface area (Å²) >= 11 is 0. The number of aromatic carboxylic acids is 1. The zero-order valence-corrected chi connectivity index (χ0v) is 8.39. The van der Waals surface area contributed by atoms with Crippen LogP contribution in [0.3, 0.4) is 0 Å². The quantitative estimate of drug-likeness (QED) is 0.721. The van der Waals surface area contributed by atoms with Crippen molar-refractivity contribution in [1.82, 2.24) is 13.5 Å². The molecule has 7 nitrogen and oxygen atoms in total. The number of hydrogen-bond donors (Lipinski definition) is 1. The van der Waals surface area contributed by atoms with Crippen LogP contribution in [0.4, 0.5) is 0 Å². The average Bonchev–Trinajstić information content (AvgIpc) is 2.51. The van der Waals surface area contributed by atoms with Crippen molar-refractivity contribution >= 4 is 16.2 Å². The summed E-state index contributed by atoms with van der Waals surface area (Å²) in [6, 6.07) is 0. The largest absolute Gasteiger partial charge is 0.478 e. The van der Waals surface area contributed by atoms with Crippen LogP contribution < -0.4 is 0 Å². The molecule has 0 amide bonds. The van der Waals surface area contributed by atoms with Crippen molar-refractivity contribution in [2.45, 2.75) is 0 Å². The lowest BCUT2D eigenvalue weighted by atomic mass is 10.4. The average molecular weight is 219 g/mol. The minimum Gasteiger partial charge on any atom is -0.478 e. The van der Waals surface area contributed by atoms with Gasteiger partial charge < -0.3 is 5.11 Å². The molecule has 0 aliphatic rings. The Labute approximate surface area is 80.7 Å². The van der Waals surface area contributed by atoms with Crippen molar-refractivity contribution in [3.05, 3.63) is 18.0 Å². The summed E-state index contributed by atoms with van der Waals surface area (Å²) in [5.41, 5.74) is -0.171. The molecule has 0 spiro atoms. The Morgan fingerprint density at radius 2 is 2.14 bits per heavy atom. The van der Waals surface area contributed by atoms with Crippen molar-refractivity contribution in [3.63, 3.8) is 0 Å². The van der Waals surface area contributed by atoms with Crippen molar-refractivity contribution in [3.8, 4) is 0 Å². The van der Waals surface area contributed by atoms with Gasteiger partial charge in [-0.25, -0.2) is 4.79 Å². The molecule has 1 N–H and O–H groups in total. The van der Waals surface area contributed by atoms with Crippen LogP contribution in [0.1, 0.15) is 10.4 Å². The maximum absolute atomic E-state index is 11.4. The molecule has 0 aliphatic carbocycles. The number of nitrogens with zero attached hydrogens (tertiary/aromatic N) is 3. The molecule has 0 aliphatic heterocycles. The van der Waals surface area contributed by atoms with Gasteiger partial charge in [-0.15, -0.1) is 0 Å². The normalized spacial score (nSPS) is 11.9. The van der Waals surface area contributed by atoms with Gasteiger partial charge in [-0.05, 0) is 0 Å². The van der Waals surface area contributed by atoms with E-state index in [2.05, 4.69) is 5.10 Å². The Morgan fingerprint density at radius 3 is 2.50 bits per heavy atom. The van der Waals surface area contributed by atoms with Crippen LogP contribution in [0.5, 0.6) is 0 Å². The molecule has 0 aromatic carbocycles. The molecule has 0 radical (unpaired) electrons. The second-order valence-corrected chi connectivity index (χ2v) is 4.70. The van der Waals surface area contributed by atoms with E-state index in [1.807, 2.05) is 0 Å². The van der Waals surface area contributed by atoms with Gasteiger partial charge in [0.2, 0.25) is 0 Å². The van der Waals surface area contributed by atoms with Gasteiger partial charge in [0.1, 0.15) is 0 Å². The summed E-state index contributed by atoms with van der Waals surface area (Å²) in [6.07, 6.45) is 1.92. The molecule has 8 heteroatoms. The summed E-state index contributed by atoms with van der Waals surface area (Å²) < 4.78 is 24.3. The first-order chi connectivity index (χ1) is 6.35. The molecule has 78 valence electrons. The van der Waals surface area contributed by atoms with Crippen molar-refractivity contribution < 1.29 is 18.3 Å². The van der Waals surface area contributed by atoms with Crippen LogP contribution >= 0.6 is 0 Å². The van der Waals surface area contributed by atoms with Gasteiger partial charge in [0.15, 0.2) is 0 Å². The molecule has 1 heterocycles. The van der Waals surface area contributed by atoms with Gasteiger partial charge in [-0.3, -0.25) is 0 Å². The van der Waals surface area contributed by atoms with Crippen molar-refractivity contribution in [2.75, 3.05) is 14.1 Å². The second-order valence-electron chi connectivity index (χ2n) is 2.70. The second kappa shape index (κ2) is 3.39. The Balaban J connectivity index is 3.16. The molecular weight excluding hydrogens is 210 g/mol. The smallest absolute Gasteiger partial charge is 0.338 e. The maximum Gasteiger partial charge on any atom is 0.338 e. The fourth-order valence-electron chi connectivity index (χ4n) is 0.709. The fourth-order valence-corrected chi connectivity index (χ4v) is 1.46. The fraction of sp³-hybridized carbons (Fsp3) is 0.333. The van der Waals surface area contributed by atoms with E-state index in [0.29, 0.717) is 4.09 Å². The Hall–Kier alpha value is -1.41. The Morgan fingerprint density at radius 1 is 1.57 bits per heavy atom. The van der Waals surface area contributed by atoms with E-state index in [4.69, 9.17) is 5.11 Å². The van der Waals surface area contributed by atoms with Crippen LogP contribution in [-0.4, -0.2) is 47.1 Å². The number of aromatic nitrogens is 2. The first kappa shape index (κ1) is 10.7. The van der Waals surface area contributed by atoms with Gasteiger partial charge in [0, 0.05) is 14.1 Å². The van der Waals surface area contributed by atoms with Gasteiger partial charge in [-0.1, -0.05) is 0 Å². The molecule has 0 fully saturated rings. The number of hydrogen-bond acceptors (Lipinski definition) is 4. The van der Waals surface area contributed by atoms with Gasteiger partial charge in [0.05, 0.1) is 18.0 Å². The lowest BCUT2D eigenvalue weighted by molar-refractivity contribution is 0.0697. The number of carbonyl (C=O) groups is 1. The van der Waals surface area contributed by atoms with E-state index in [9.17, 15) is 13.2 Å². The first-order valence-corrected chi connectivity index (χ1v) is 4.96. The summed E-state index contributed by atoms with van der Waals surface area (Å²) in [7, 11) is -1.05. The van der Waals surface area contributed by atoms with Crippen molar-refractivity contribution in [1.29, 1.82) is 0 Å². The molecule has 0 saturated carbocycles. The van der Waals surface area contributed by atoms with Gasteiger partial charge in [-0.2, -0.15) is 21.9 Å². The summed E-state index contributed by atoms with van der Waals surface area (Å²) in [6.45, 7) is 0. The number of rotatable bonds is 3. The standard InChI is InChI=1S/C6H9N3O4S/c1-8(2)14(12,13)9-4-5(3-7-9)6(10)11/h3-4H,1-2H3,(H,10,11). The highest BCUT2D eigenvalue weighted by atomic mass is 32.2. The Kier molecular flexibility index (Phi) is 2.58. The predicted molar refractivity (Wildman–Crippen MR) is 47.2 cm³/mol. The van der Waals surface area contributed by atoms with E-state index >= 15 is 0 Å². The minimum absolute atomic E-state index is 0.171. The van der Waals surface area contributed by atoms with E-state index < -0.39 is 16.2 Å². The van der Waals surface area contributed by atoms with Crippen LogP contribution in [0.15, 0.2) is 12.4 Å². The molecule has 0 bridgehead atoms. The lowest BCUT2D eigenvalue weighted by Crippen LogP contribution is -2.29. The molecule has 14 heavy (non-hydrogen) atoms.